The molecule has 0 amide bonds. The molecule has 1 aliphatic rings. The van der Waals surface area contributed by atoms with E-state index in [0.29, 0.717) is 11.7 Å². The van der Waals surface area contributed by atoms with Gasteiger partial charge in [0.05, 0.1) is 11.3 Å². The first kappa shape index (κ1) is 12.7. The molecule has 1 aromatic rings. The van der Waals surface area contributed by atoms with Crippen molar-refractivity contribution < 1.29 is 9.90 Å². The van der Waals surface area contributed by atoms with Crippen LogP contribution in [-0.2, 0) is 0 Å². The van der Waals surface area contributed by atoms with Crippen LogP contribution in [-0.4, -0.2) is 48.7 Å². The van der Waals surface area contributed by atoms with Crippen molar-refractivity contribution in [2.24, 2.45) is 0 Å². The second-order valence-electron chi connectivity index (χ2n) is 4.86. The molecule has 0 saturated carbocycles. The van der Waals surface area contributed by atoms with Crippen LogP contribution >= 0.6 is 0 Å². The third-order valence-corrected chi connectivity index (χ3v) is 3.55. The Morgan fingerprint density at radius 3 is 2.78 bits per heavy atom. The van der Waals surface area contributed by atoms with Crippen molar-refractivity contribution in [3.63, 3.8) is 0 Å². The number of hydrogen-bond acceptors (Lipinski definition) is 4. The van der Waals surface area contributed by atoms with E-state index in [4.69, 9.17) is 5.73 Å². The van der Waals surface area contributed by atoms with Crippen molar-refractivity contribution in [1.82, 2.24) is 4.90 Å². The Morgan fingerprint density at radius 2 is 2.17 bits per heavy atom. The predicted molar refractivity (Wildman–Crippen MR) is 72.1 cm³/mol. The molecule has 3 N–H and O–H groups in total. The molecule has 5 nitrogen and oxygen atoms in total. The summed E-state index contributed by atoms with van der Waals surface area (Å²) in [4.78, 5) is 15.7. The molecule has 1 aromatic carbocycles. The van der Waals surface area contributed by atoms with Crippen LogP contribution < -0.4 is 10.6 Å². The number of benzene rings is 1. The van der Waals surface area contributed by atoms with Gasteiger partial charge in [0.15, 0.2) is 0 Å². The van der Waals surface area contributed by atoms with E-state index in [0.717, 1.165) is 25.3 Å². The summed E-state index contributed by atoms with van der Waals surface area (Å²) in [5.74, 6) is -0.927. The Bertz CT molecular complexity index is 462. The van der Waals surface area contributed by atoms with Gasteiger partial charge in [-0.05, 0) is 32.2 Å². The van der Waals surface area contributed by atoms with Crippen LogP contribution in [0.5, 0.6) is 0 Å². The van der Waals surface area contributed by atoms with E-state index in [9.17, 15) is 9.90 Å². The first-order chi connectivity index (χ1) is 8.49. The van der Waals surface area contributed by atoms with Gasteiger partial charge in [-0.3, -0.25) is 0 Å². The molecule has 1 fully saturated rings. The molecule has 0 radical (unpaired) electrons. The van der Waals surface area contributed by atoms with Crippen molar-refractivity contribution in [1.29, 1.82) is 0 Å². The van der Waals surface area contributed by atoms with Crippen LogP contribution in [0.25, 0.3) is 0 Å². The van der Waals surface area contributed by atoms with Gasteiger partial charge in [0.2, 0.25) is 0 Å². The van der Waals surface area contributed by atoms with Gasteiger partial charge in [0.1, 0.15) is 0 Å². The van der Waals surface area contributed by atoms with Gasteiger partial charge in [-0.15, -0.1) is 0 Å². The highest BCUT2D eigenvalue weighted by Gasteiger charge is 2.24. The highest BCUT2D eigenvalue weighted by atomic mass is 16.4. The Morgan fingerprint density at radius 1 is 1.44 bits per heavy atom. The average Bonchev–Trinajstić information content (AvgIpc) is 2.32. The molecule has 2 rings (SSSR count). The van der Waals surface area contributed by atoms with Crippen LogP contribution in [0.1, 0.15) is 17.3 Å². The summed E-state index contributed by atoms with van der Waals surface area (Å²) in [5, 5.41) is 9.25. The maximum absolute atomic E-state index is 11.3. The normalized spacial score (nSPS) is 21.0. The Labute approximate surface area is 107 Å². The molecular weight excluding hydrogens is 230 g/mol. The van der Waals surface area contributed by atoms with Crippen LogP contribution in [0.15, 0.2) is 18.2 Å². The molecule has 0 aromatic heterocycles. The lowest BCUT2D eigenvalue weighted by molar-refractivity contribution is 0.0697. The highest BCUT2D eigenvalue weighted by molar-refractivity contribution is 5.95. The minimum Gasteiger partial charge on any atom is -0.478 e. The molecule has 0 spiro atoms. The Balaban J connectivity index is 2.30. The van der Waals surface area contributed by atoms with E-state index in [1.165, 1.54) is 6.07 Å². The number of nitrogen functional groups attached to an aromatic ring is 1. The molecule has 1 atom stereocenters. The number of anilines is 2. The Kier molecular flexibility index (Phi) is 3.43. The van der Waals surface area contributed by atoms with Crippen LogP contribution in [0.4, 0.5) is 11.4 Å². The zero-order chi connectivity index (χ0) is 13.3. The number of piperazine rings is 1. The summed E-state index contributed by atoms with van der Waals surface area (Å²) < 4.78 is 0. The minimum atomic E-state index is -0.927. The summed E-state index contributed by atoms with van der Waals surface area (Å²) in [5.41, 5.74) is 7.18. The second kappa shape index (κ2) is 4.86. The van der Waals surface area contributed by atoms with E-state index >= 15 is 0 Å². The van der Waals surface area contributed by atoms with Crippen LogP contribution in [0.3, 0.4) is 0 Å². The largest absolute Gasteiger partial charge is 0.478 e. The fraction of sp³-hybridized carbons (Fsp3) is 0.462. The van der Waals surface area contributed by atoms with E-state index in [1.54, 1.807) is 12.1 Å². The monoisotopic (exact) mass is 249 g/mol. The standard InChI is InChI=1S/C13H19N3O2/c1-9-8-16(6-5-15(9)2)12-4-3-10(14)7-11(12)13(17)18/h3-4,7,9H,5-6,8,14H2,1-2H3,(H,17,18). The number of carboxylic acid groups (broad SMARTS) is 1. The van der Waals surface area contributed by atoms with Crippen molar-refractivity contribution in [3.8, 4) is 0 Å². The maximum Gasteiger partial charge on any atom is 0.337 e. The average molecular weight is 249 g/mol. The summed E-state index contributed by atoms with van der Waals surface area (Å²) in [7, 11) is 2.09. The molecule has 18 heavy (non-hydrogen) atoms. The van der Waals surface area contributed by atoms with Gasteiger partial charge in [-0.2, -0.15) is 0 Å². The van der Waals surface area contributed by atoms with E-state index in [-0.39, 0.29) is 5.56 Å². The third-order valence-electron chi connectivity index (χ3n) is 3.55. The summed E-state index contributed by atoms with van der Waals surface area (Å²) in [6.07, 6.45) is 0. The quantitative estimate of drug-likeness (QED) is 0.768. The van der Waals surface area contributed by atoms with Crippen molar-refractivity contribution >= 4 is 17.3 Å². The molecule has 98 valence electrons. The number of nitrogens with zero attached hydrogens (tertiary/aromatic N) is 2. The fourth-order valence-corrected chi connectivity index (χ4v) is 2.27. The molecular formula is C13H19N3O2. The lowest BCUT2D eigenvalue weighted by atomic mass is 10.1. The molecule has 1 unspecified atom stereocenters. The van der Waals surface area contributed by atoms with Gasteiger partial charge in [-0.25, -0.2) is 4.79 Å². The number of carboxylic acids is 1. The number of rotatable bonds is 2. The lowest BCUT2D eigenvalue weighted by Gasteiger charge is -2.39. The number of likely N-dealkylation sites (N-methyl/N-ethyl adjacent to an activating group) is 1. The molecule has 0 aliphatic carbocycles. The van der Waals surface area contributed by atoms with E-state index in [2.05, 4.69) is 23.8 Å². The van der Waals surface area contributed by atoms with E-state index in [1.807, 2.05) is 0 Å². The summed E-state index contributed by atoms with van der Waals surface area (Å²) in [6.45, 7) is 4.75. The zero-order valence-corrected chi connectivity index (χ0v) is 10.8. The van der Waals surface area contributed by atoms with Gasteiger partial charge in [-0.1, -0.05) is 0 Å². The van der Waals surface area contributed by atoms with E-state index < -0.39 is 5.97 Å². The first-order valence-corrected chi connectivity index (χ1v) is 6.07. The molecule has 1 saturated heterocycles. The Hall–Kier alpha value is -1.75. The highest BCUT2D eigenvalue weighted by Crippen LogP contribution is 2.25. The molecule has 0 bridgehead atoms. The van der Waals surface area contributed by atoms with Crippen molar-refractivity contribution in [3.05, 3.63) is 23.8 Å². The third kappa shape index (κ3) is 2.41. The molecule has 1 heterocycles. The number of hydrogen-bond donors (Lipinski definition) is 2. The topological polar surface area (TPSA) is 69.8 Å². The van der Waals surface area contributed by atoms with Crippen molar-refractivity contribution in [2.75, 3.05) is 37.3 Å². The molecule has 1 aliphatic heterocycles. The fourth-order valence-electron chi connectivity index (χ4n) is 2.27. The van der Waals surface area contributed by atoms with Crippen LogP contribution in [0.2, 0.25) is 0 Å². The number of carbonyl (C=O) groups is 1. The summed E-state index contributed by atoms with van der Waals surface area (Å²) >= 11 is 0. The van der Waals surface area contributed by atoms with Crippen LogP contribution in [0, 0.1) is 0 Å². The SMILES string of the molecule is CC1CN(c2ccc(N)cc2C(=O)O)CCN1C. The number of aromatic carboxylic acids is 1. The smallest absolute Gasteiger partial charge is 0.337 e. The van der Waals surface area contributed by atoms with Gasteiger partial charge in [0, 0.05) is 31.4 Å². The first-order valence-electron chi connectivity index (χ1n) is 6.07. The lowest BCUT2D eigenvalue weighted by Crippen LogP contribution is -2.50. The molecule has 5 heteroatoms. The van der Waals surface area contributed by atoms with Crippen molar-refractivity contribution in [2.45, 2.75) is 13.0 Å². The van der Waals surface area contributed by atoms with Gasteiger partial charge in [0.25, 0.3) is 0 Å². The summed E-state index contributed by atoms with van der Waals surface area (Å²) in [6, 6.07) is 5.50. The van der Waals surface area contributed by atoms with Gasteiger partial charge >= 0.3 is 5.97 Å². The van der Waals surface area contributed by atoms with Gasteiger partial charge < -0.3 is 20.6 Å². The zero-order valence-electron chi connectivity index (χ0n) is 10.8. The number of nitrogens with two attached hydrogens (primary N) is 1. The maximum atomic E-state index is 11.3. The second-order valence-corrected chi connectivity index (χ2v) is 4.86. The minimum absolute atomic E-state index is 0.284. The predicted octanol–water partition coefficient (Wildman–Crippen LogP) is 1.11.